The first-order valence-electron chi connectivity index (χ1n) is 10.8. The van der Waals surface area contributed by atoms with Gasteiger partial charge in [0.05, 0.1) is 13.7 Å². The normalized spacial score (nSPS) is 11.6. The first-order chi connectivity index (χ1) is 16.3. The number of carbonyl (C=O) groups excluding carboxylic acids is 1. The Labute approximate surface area is 200 Å². The highest BCUT2D eigenvalue weighted by molar-refractivity contribution is 7.60. The lowest BCUT2D eigenvalue weighted by atomic mass is 10.1. The molecule has 0 radical (unpaired) electrons. The van der Waals surface area contributed by atoms with Crippen LogP contribution in [0, 0.1) is 0 Å². The summed E-state index contributed by atoms with van der Waals surface area (Å²) in [7, 11) is -1.74. The third-order valence-corrected chi connectivity index (χ3v) is 7.46. The lowest BCUT2D eigenvalue weighted by Crippen LogP contribution is -2.37. The van der Waals surface area contributed by atoms with Crippen LogP contribution in [0.1, 0.15) is 16.7 Å². The van der Waals surface area contributed by atoms with Crippen LogP contribution in [0.25, 0.3) is 0 Å². The lowest BCUT2D eigenvalue weighted by molar-refractivity contribution is -0.139. The quantitative estimate of drug-likeness (QED) is 0.294. The van der Waals surface area contributed by atoms with Gasteiger partial charge in [-0.25, -0.2) is 0 Å². The molecule has 0 heterocycles. The molecule has 3 aromatic rings. The molecule has 0 aromatic heterocycles. The van der Waals surface area contributed by atoms with E-state index in [-0.39, 0.29) is 18.9 Å². The molecule has 0 bridgehead atoms. The van der Waals surface area contributed by atoms with Crippen LogP contribution in [0.2, 0.25) is 0 Å². The summed E-state index contributed by atoms with van der Waals surface area (Å²) < 4.78 is 18.0. The summed E-state index contributed by atoms with van der Waals surface area (Å²) in [6.07, 6.45) is 0.895. The van der Waals surface area contributed by atoms with Crippen molar-refractivity contribution in [3.63, 3.8) is 0 Å². The predicted octanol–water partition coefficient (Wildman–Crippen LogP) is 4.07. The molecule has 0 amide bonds. The van der Waals surface area contributed by atoms with Crippen LogP contribution < -0.4 is 10.8 Å². The number of carboxylic acids is 1. The number of ether oxygens (including phenoxy) is 1. The van der Waals surface area contributed by atoms with Crippen molar-refractivity contribution in [2.45, 2.75) is 24.8 Å². The van der Waals surface area contributed by atoms with Crippen molar-refractivity contribution in [2.24, 2.45) is 5.73 Å². The smallest absolute Gasteiger partial charge is 0.321 e. The molecule has 34 heavy (non-hydrogen) atoms. The molecular formula is C26H31N2O5P. The standard InChI is InChI=1S/C23H24NO3P.C3H7NO2/c25-23(26)22(16-19-10-4-1-5-11-19)24-28(27,17-20-12-6-2-7-13-20)18-21-14-8-3-9-15-21;1-6-3(5)2-4/h1-15,22H,16-18H2,(H,24,27)(H,25,26);2,4H2,1H3/t22-;/m0./s1. The number of nitrogens with one attached hydrogen (secondary N) is 1. The second-order valence-electron chi connectivity index (χ2n) is 7.67. The van der Waals surface area contributed by atoms with Crippen LogP contribution in [0.15, 0.2) is 91.0 Å². The number of carbonyl (C=O) groups is 2. The molecule has 7 nitrogen and oxygen atoms in total. The van der Waals surface area contributed by atoms with E-state index in [0.29, 0.717) is 12.3 Å². The second kappa shape index (κ2) is 14.1. The Hall–Kier alpha value is -3.25. The molecule has 0 saturated heterocycles. The molecule has 1 atom stereocenters. The van der Waals surface area contributed by atoms with Crippen molar-refractivity contribution in [3.8, 4) is 0 Å². The lowest BCUT2D eigenvalue weighted by Gasteiger charge is -2.24. The highest BCUT2D eigenvalue weighted by atomic mass is 31.2. The molecule has 180 valence electrons. The molecule has 8 heteroatoms. The minimum atomic E-state index is -3.04. The Morgan fingerprint density at radius 1 is 0.853 bits per heavy atom. The van der Waals surface area contributed by atoms with Gasteiger partial charge in [0.25, 0.3) is 0 Å². The predicted molar refractivity (Wildman–Crippen MR) is 134 cm³/mol. The molecule has 0 unspecified atom stereocenters. The van der Waals surface area contributed by atoms with Crippen LogP contribution in [0.4, 0.5) is 0 Å². The van der Waals surface area contributed by atoms with Crippen LogP contribution in [0.5, 0.6) is 0 Å². The van der Waals surface area contributed by atoms with Gasteiger partial charge in [0.15, 0.2) is 7.29 Å². The molecule has 0 spiro atoms. The van der Waals surface area contributed by atoms with Gasteiger partial charge in [0.1, 0.15) is 6.04 Å². The van der Waals surface area contributed by atoms with Gasteiger partial charge in [0.2, 0.25) is 0 Å². The Kier molecular flexibility index (Phi) is 11.2. The number of carboxylic acid groups (broad SMARTS) is 1. The maximum atomic E-state index is 13.9. The largest absolute Gasteiger partial charge is 0.480 e. The van der Waals surface area contributed by atoms with Gasteiger partial charge in [-0.05, 0) is 23.1 Å². The maximum Gasteiger partial charge on any atom is 0.321 e. The Morgan fingerprint density at radius 2 is 1.26 bits per heavy atom. The summed E-state index contributed by atoms with van der Waals surface area (Å²) >= 11 is 0. The number of nitrogens with two attached hydrogens (primary N) is 1. The molecular weight excluding hydrogens is 451 g/mol. The Morgan fingerprint density at radius 3 is 1.59 bits per heavy atom. The number of esters is 1. The monoisotopic (exact) mass is 482 g/mol. The minimum absolute atomic E-state index is 0.0312. The third kappa shape index (κ3) is 9.71. The van der Waals surface area contributed by atoms with Gasteiger partial charge in [-0.1, -0.05) is 91.0 Å². The maximum absolute atomic E-state index is 13.9. The SMILES string of the molecule is COC(=O)CN.O=C(O)[C@H](Cc1ccccc1)NP(=O)(Cc1ccccc1)Cc1ccccc1. The van der Waals surface area contributed by atoms with E-state index in [9.17, 15) is 19.3 Å². The number of benzene rings is 3. The fraction of sp³-hybridized carbons (Fsp3) is 0.231. The summed E-state index contributed by atoms with van der Waals surface area (Å²) in [4.78, 5) is 21.7. The number of hydrogen-bond donors (Lipinski definition) is 3. The van der Waals surface area contributed by atoms with Crippen LogP contribution in [-0.2, 0) is 37.6 Å². The molecule has 0 saturated carbocycles. The first kappa shape index (κ1) is 27.0. The van der Waals surface area contributed by atoms with E-state index in [0.717, 1.165) is 16.7 Å². The van der Waals surface area contributed by atoms with Crippen LogP contribution >= 0.6 is 7.29 Å². The second-order valence-corrected chi connectivity index (χ2v) is 10.3. The van der Waals surface area contributed by atoms with Crippen molar-refractivity contribution < 1.29 is 24.0 Å². The zero-order chi connectivity index (χ0) is 24.8. The van der Waals surface area contributed by atoms with Crippen molar-refractivity contribution in [1.82, 2.24) is 5.09 Å². The average Bonchev–Trinajstić information content (AvgIpc) is 2.85. The van der Waals surface area contributed by atoms with Gasteiger partial charge in [-0.15, -0.1) is 0 Å². The highest BCUT2D eigenvalue weighted by Crippen LogP contribution is 2.49. The molecule has 4 N–H and O–H groups in total. The number of rotatable bonds is 10. The van der Waals surface area contributed by atoms with E-state index < -0.39 is 19.3 Å². The van der Waals surface area contributed by atoms with E-state index in [1.807, 2.05) is 91.0 Å². The fourth-order valence-corrected chi connectivity index (χ4v) is 5.97. The molecule has 0 aliphatic rings. The molecule has 0 fully saturated rings. The third-order valence-electron chi connectivity index (χ3n) is 4.93. The van der Waals surface area contributed by atoms with E-state index in [1.54, 1.807) is 0 Å². The zero-order valence-corrected chi connectivity index (χ0v) is 20.1. The van der Waals surface area contributed by atoms with Gasteiger partial charge < -0.3 is 20.1 Å². The van der Waals surface area contributed by atoms with Gasteiger partial charge in [-0.3, -0.25) is 14.7 Å². The van der Waals surface area contributed by atoms with Crippen molar-refractivity contribution in [3.05, 3.63) is 108 Å². The van der Waals surface area contributed by atoms with E-state index >= 15 is 0 Å². The molecule has 3 rings (SSSR count). The van der Waals surface area contributed by atoms with Crippen LogP contribution in [0.3, 0.4) is 0 Å². The van der Waals surface area contributed by atoms with E-state index in [1.165, 1.54) is 7.11 Å². The van der Waals surface area contributed by atoms with E-state index in [4.69, 9.17) is 5.73 Å². The highest BCUT2D eigenvalue weighted by Gasteiger charge is 2.30. The summed E-state index contributed by atoms with van der Waals surface area (Å²) in [5.74, 6) is -1.37. The number of methoxy groups -OCH3 is 1. The first-order valence-corrected chi connectivity index (χ1v) is 12.9. The molecule has 0 aliphatic carbocycles. The topological polar surface area (TPSA) is 119 Å². The van der Waals surface area contributed by atoms with Crippen molar-refractivity contribution >= 4 is 19.2 Å². The van der Waals surface area contributed by atoms with Crippen molar-refractivity contribution in [2.75, 3.05) is 13.7 Å². The van der Waals surface area contributed by atoms with Crippen LogP contribution in [-0.4, -0.2) is 36.7 Å². The summed E-state index contributed by atoms with van der Waals surface area (Å²) in [5, 5.41) is 12.8. The zero-order valence-electron chi connectivity index (χ0n) is 19.2. The Balaban J connectivity index is 0.000000604. The van der Waals surface area contributed by atoms with E-state index in [2.05, 4.69) is 9.82 Å². The summed E-state index contributed by atoms with van der Waals surface area (Å²) in [6, 6.07) is 27.6. The van der Waals surface area contributed by atoms with Gasteiger partial charge >= 0.3 is 11.9 Å². The van der Waals surface area contributed by atoms with Gasteiger partial charge in [-0.2, -0.15) is 0 Å². The summed E-state index contributed by atoms with van der Waals surface area (Å²) in [5.41, 5.74) is 7.56. The average molecular weight is 483 g/mol. The minimum Gasteiger partial charge on any atom is -0.480 e. The number of aliphatic carboxylic acids is 1. The van der Waals surface area contributed by atoms with Crippen molar-refractivity contribution in [1.29, 1.82) is 0 Å². The Bertz CT molecular complexity index is 1010. The molecule has 3 aromatic carbocycles. The number of hydrogen-bond acceptors (Lipinski definition) is 5. The summed E-state index contributed by atoms with van der Waals surface area (Å²) in [6.45, 7) is -0.0312. The molecule has 0 aliphatic heterocycles. The fourth-order valence-electron chi connectivity index (χ4n) is 3.31. The van der Waals surface area contributed by atoms with Gasteiger partial charge in [0, 0.05) is 12.3 Å².